The van der Waals surface area contributed by atoms with Crippen molar-refractivity contribution in [2.45, 2.75) is 0 Å². The van der Waals surface area contributed by atoms with Crippen molar-refractivity contribution in [3.63, 3.8) is 0 Å². The molecule has 0 aliphatic rings. The summed E-state index contributed by atoms with van der Waals surface area (Å²) in [4.78, 5) is 4.56. The van der Waals surface area contributed by atoms with Gasteiger partial charge in [0, 0.05) is 43.1 Å². The first kappa shape index (κ1) is 38.4. The molecule has 0 radical (unpaired) electrons. The topological polar surface area (TPSA) is 6.48 Å². The minimum Gasteiger partial charge on any atom is -0.311 e. The molecule has 4 heteroatoms. The van der Waals surface area contributed by atoms with E-state index in [-0.39, 0.29) is 0 Å². The Labute approximate surface area is 358 Å². The summed E-state index contributed by atoms with van der Waals surface area (Å²) in [6.45, 7) is 0. The molecule has 0 amide bonds. The van der Waals surface area contributed by atoms with E-state index in [1.807, 2.05) is 12.1 Å². The van der Waals surface area contributed by atoms with Crippen molar-refractivity contribution in [2.24, 2.45) is 0 Å². The largest absolute Gasteiger partial charge is 0.311 e. The summed E-state index contributed by atoms with van der Waals surface area (Å²) in [5.74, 6) is 0. The Bertz CT molecular complexity index is 2490. The smallest absolute Gasteiger partial charge is 0.0462 e. The van der Waals surface area contributed by atoms with Gasteiger partial charge in [0.05, 0.1) is 0 Å². The second kappa shape index (κ2) is 18.7. The van der Waals surface area contributed by atoms with E-state index >= 15 is 0 Å². The van der Waals surface area contributed by atoms with Gasteiger partial charge in [0.15, 0.2) is 0 Å². The number of nitrogens with zero attached hydrogens (tertiary/aromatic N) is 2. The Balaban J connectivity index is 0.000000197. The summed E-state index contributed by atoms with van der Waals surface area (Å²) in [7, 11) is 0. The molecule has 9 rings (SSSR count). The second-order valence-electron chi connectivity index (χ2n) is 13.7. The number of rotatable bonds is 9. The maximum atomic E-state index is 3.53. The molecular formula is C54H40Br2N2. The molecule has 280 valence electrons. The zero-order valence-corrected chi connectivity index (χ0v) is 34.9. The molecule has 0 saturated carbocycles. The standard InChI is InChI=1S/C36H26BrN.C18H14BrN/c37-33-19-11-29(12-20-33)32-17-25-36(26-18-32)38(34-21-13-30(14-22-34)27-7-3-1-4-8-27)35-23-15-31(16-24-35)28-9-5-2-6-10-28;19-15-11-13-18(14-12-15)20(16-7-3-1-4-8-16)17-9-5-2-6-10-17/h1-26H;1-14H. The van der Waals surface area contributed by atoms with Crippen molar-refractivity contribution < 1.29 is 0 Å². The highest BCUT2D eigenvalue weighted by Gasteiger charge is 2.14. The lowest BCUT2D eigenvalue weighted by molar-refractivity contribution is 1.28. The third-order valence-electron chi connectivity index (χ3n) is 9.88. The molecule has 0 bridgehead atoms. The lowest BCUT2D eigenvalue weighted by Gasteiger charge is -2.26. The maximum Gasteiger partial charge on any atom is 0.0462 e. The highest BCUT2D eigenvalue weighted by atomic mass is 79.9. The first-order valence-electron chi connectivity index (χ1n) is 19.2. The van der Waals surface area contributed by atoms with E-state index in [4.69, 9.17) is 0 Å². The summed E-state index contributed by atoms with van der Waals surface area (Å²) in [5.41, 5.74) is 14.1. The van der Waals surface area contributed by atoms with Gasteiger partial charge in [0.2, 0.25) is 0 Å². The van der Waals surface area contributed by atoms with E-state index in [9.17, 15) is 0 Å². The molecule has 9 aromatic carbocycles. The van der Waals surface area contributed by atoms with E-state index < -0.39 is 0 Å². The summed E-state index contributed by atoms with van der Waals surface area (Å²) in [6, 6.07) is 85.0. The fourth-order valence-electron chi connectivity index (χ4n) is 6.95. The Morgan fingerprint density at radius 3 is 0.672 bits per heavy atom. The highest BCUT2D eigenvalue weighted by Crippen LogP contribution is 2.38. The molecule has 0 aromatic heterocycles. The molecule has 0 N–H and O–H groups in total. The third kappa shape index (κ3) is 9.38. The van der Waals surface area contributed by atoms with Crippen molar-refractivity contribution in [3.8, 4) is 33.4 Å². The van der Waals surface area contributed by atoms with Crippen molar-refractivity contribution in [1.29, 1.82) is 0 Å². The van der Waals surface area contributed by atoms with E-state index in [0.29, 0.717) is 0 Å². The molecule has 0 aliphatic heterocycles. The molecule has 0 heterocycles. The molecule has 0 saturated heterocycles. The van der Waals surface area contributed by atoms with Gasteiger partial charge >= 0.3 is 0 Å². The number of anilines is 6. The van der Waals surface area contributed by atoms with Crippen molar-refractivity contribution in [1.82, 2.24) is 0 Å². The van der Waals surface area contributed by atoms with Gasteiger partial charge in [-0.25, -0.2) is 0 Å². The van der Waals surface area contributed by atoms with Crippen molar-refractivity contribution in [2.75, 3.05) is 9.80 Å². The fourth-order valence-corrected chi connectivity index (χ4v) is 7.48. The number of halogens is 2. The molecule has 2 nitrogen and oxygen atoms in total. The van der Waals surface area contributed by atoms with Gasteiger partial charge in [-0.3, -0.25) is 0 Å². The normalized spacial score (nSPS) is 10.6. The minimum atomic E-state index is 1.09. The molecule has 0 aliphatic carbocycles. The van der Waals surface area contributed by atoms with Gasteiger partial charge in [-0.05, 0) is 130 Å². The van der Waals surface area contributed by atoms with Crippen LogP contribution in [-0.4, -0.2) is 0 Å². The van der Waals surface area contributed by atoms with Crippen LogP contribution in [0.1, 0.15) is 0 Å². The van der Waals surface area contributed by atoms with Gasteiger partial charge < -0.3 is 9.80 Å². The first-order valence-corrected chi connectivity index (χ1v) is 20.8. The van der Waals surface area contributed by atoms with Crippen LogP contribution in [0.15, 0.2) is 252 Å². The highest BCUT2D eigenvalue weighted by molar-refractivity contribution is 9.10. The predicted octanol–water partition coefficient (Wildman–Crippen LogP) is 16.8. The molecular weight excluding hydrogens is 836 g/mol. The molecule has 0 unspecified atom stereocenters. The van der Waals surface area contributed by atoms with Crippen molar-refractivity contribution in [3.05, 3.63) is 252 Å². The summed E-state index contributed by atoms with van der Waals surface area (Å²) >= 11 is 7.02. The van der Waals surface area contributed by atoms with Crippen LogP contribution in [0.3, 0.4) is 0 Å². The van der Waals surface area contributed by atoms with Crippen LogP contribution in [0, 0.1) is 0 Å². The average molecular weight is 877 g/mol. The van der Waals surface area contributed by atoms with E-state index in [1.165, 1.54) is 33.4 Å². The van der Waals surface area contributed by atoms with Gasteiger partial charge in [0.25, 0.3) is 0 Å². The van der Waals surface area contributed by atoms with Crippen LogP contribution >= 0.6 is 31.9 Å². The van der Waals surface area contributed by atoms with Crippen LogP contribution in [0.25, 0.3) is 33.4 Å². The molecule has 9 aromatic rings. The molecule has 0 atom stereocenters. The first-order chi connectivity index (χ1) is 28.6. The molecule has 0 fully saturated rings. The van der Waals surface area contributed by atoms with Crippen LogP contribution in [0.2, 0.25) is 0 Å². The predicted molar refractivity (Wildman–Crippen MR) is 254 cm³/mol. The van der Waals surface area contributed by atoms with E-state index in [1.54, 1.807) is 0 Å². The van der Waals surface area contributed by atoms with Gasteiger partial charge in [-0.15, -0.1) is 0 Å². The zero-order valence-electron chi connectivity index (χ0n) is 31.7. The van der Waals surface area contributed by atoms with E-state index in [0.717, 1.165) is 43.1 Å². The Kier molecular flexibility index (Phi) is 12.4. The van der Waals surface area contributed by atoms with Gasteiger partial charge in [-0.2, -0.15) is 0 Å². The van der Waals surface area contributed by atoms with Gasteiger partial charge in [-0.1, -0.05) is 177 Å². The van der Waals surface area contributed by atoms with Crippen LogP contribution in [0.4, 0.5) is 34.1 Å². The van der Waals surface area contributed by atoms with Gasteiger partial charge in [0.1, 0.15) is 0 Å². The minimum absolute atomic E-state index is 1.09. The lowest BCUT2D eigenvalue weighted by Crippen LogP contribution is -2.09. The SMILES string of the molecule is Brc1ccc(-c2ccc(N(c3ccc(-c4ccccc4)cc3)c3ccc(-c4ccccc4)cc3)cc2)cc1.Brc1ccc(N(c2ccccc2)c2ccccc2)cc1. The molecule has 58 heavy (non-hydrogen) atoms. The average Bonchev–Trinajstić information content (AvgIpc) is 3.30. The second-order valence-corrected chi connectivity index (χ2v) is 15.5. The van der Waals surface area contributed by atoms with Crippen LogP contribution in [0.5, 0.6) is 0 Å². The quantitative estimate of drug-likeness (QED) is 0.143. The molecule has 0 spiro atoms. The summed E-state index contributed by atoms with van der Waals surface area (Å²) in [6.07, 6.45) is 0. The Morgan fingerprint density at radius 1 is 0.190 bits per heavy atom. The van der Waals surface area contributed by atoms with Crippen molar-refractivity contribution >= 4 is 66.0 Å². The van der Waals surface area contributed by atoms with E-state index in [2.05, 4.69) is 272 Å². The number of hydrogen-bond donors (Lipinski definition) is 0. The third-order valence-corrected chi connectivity index (χ3v) is 10.9. The number of benzene rings is 9. The fraction of sp³-hybridized carbons (Fsp3) is 0. The lowest BCUT2D eigenvalue weighted by atomic mass is 10.0. The summed E-state index contributed by atoms with van der Waals surface area (Å²) in [5, 5.41) is 0. The summed E-state index contributed by atoms with van der Waals surface area (Å²) < 4.78 is 2.17. The Morgan fingerprint density at radius 2 is 0.379 bits per heavy atom. The Hall–Kier alpha value is -6.46. The number of hydrogen-bond acceptors (Lipinski definition) is 2. The maximum absolute atomic E-state index is 3.53. The van der Waals surface area contributed by atoms with Crippen LogP contribution < -0.4 is 9.80 Å². The number of para-hydroxylation sites is 2. The monoisotopic (exact) mass is 874 g/mol. The zero-order chi connectivity index (χ0) is 39.5. The van der Waals surface area contributed by atoms with Crippen LogP contribution in [-0.2, 0) is 0 Å².